The van der Waals surface area contributed by atoms with Crippen molar-refractivity contribution in [2.24, 2.45) is 0 Å². The first kappa shape index (κ1) is 7.89. The predicted octanol–water partition coefficient (Wildman–Crippen LogP) is 2.33. The number of pyridine rings is 1. The highest BCUT2D eigenvalue weighted by Crippen LogP contribution is 2.27. The molecular weight excluding hydrogens is 241 g/mol. The average Bonchev–Trinajstić information content (AvgIpc) is 2.48. The Morgan fingerprint density at radius 3 is 3.08 bits per heavy atom. The third kappa shape index (κ3) is 0.990. The lowest BCUT2D eigenvalue weighted by Gasteiger charge is -2.02. The van der Waals surface area contributed by atoms with Crippen LogP contribution in [0.25, 0.3) is 5.65 Å². The third-order valence-electron chi connectivity index (χ3n) is 1.59. The van der Waals surface area contributed by atoms with E-state index in [1.54, 1.807) is 22.9 Å². The first-order chi connectivity index (χ1) is 5.70. The van der Waals surface area contributed by atoms with Crippen molar-refractivity contribution in [2.45, 2.75) is 0 Å². The van der Waals surface area contributed by atoms with Crippen molar-refractivity contribution < 1.29 is 0 Å². The monoisotopic (exact) mass is 245 g/mol. The number of rotatable bonds is 0. The Kier molecular flexibility index (Phi) is 1.73. The minimum absolute atomic E-state index is 0.580. The molecule has 0 radical (unpaired) electrons. The van der Waals surface area contributed by atoms with Crippen LogP contribution in [0.1, 0.15) is 0 Å². The Morgan fingerprint density at radius 2 is 2.33 bits per heavy atom. The van der Waals surface area contributed by atoms with Crippen molar-refractivity contribution in [3.8, 4) is 0 Å². The first-order valence-electron chi connectivity index (χ1n) is 3.26. The third-order valence-corrected chi connectivity index (χ3v) is 2.81. The number of halogens is 2. The summed E-state index contributed by atoms with van der Waals surface area (Å²) < 4.78 is 2.49. The van der Waals surface area contributed by atoms with E-state index in [0.29, 0.717) is 16.5 Å². The standard InChI is InChI=1S/C7H5BrClN3/c8-4-3-5(10)7-11-1-2-12(7)6(4)9/h1-3H,10H2. The van der Waals surface area contributed by atoms with Crippen molar-refractivity contribution >= 4 is 38.9 Å². The van der Waals surface area contributed by atoms with Crippen LogP contribution in [-0.2, 0) is 0 Å². The molecule has 0 aliphatic heterocycles. The van der Waals surface area contributed by atoms with Crippen LogP contribution in [0.3, 0.4) is 0 Å². The molecule has 0 aromatic carbocycles. The molecule has 0 fully saturated rings. The molecule has 3 nitrogen and oxygen atoms in total. The Labute approximate surface area is 82.3 Å². The fraction of sp³-hybridized carbons (Fsp3) is 0. The molecule has 0 unspecified atom stereocenters. The molecule has 2 rings (SSSR count). The maximum atomic E-state index is 5.96. The van der Waals surface area contributed by atoms with Gasteiger partial charge in [0.15, 0.2) is 5.65 Å². The second kappa shape index (κ2) is 2.64. The molecule has 0 atom stereocenters. The Morgan fingerprint density at radius 1 is 1.58 bits per heavy atom. The minimum Gasteiger partial charge on any atom is -0.396 e. The van der Waals surface area contributed by atoms with Gasteiger partial charge in [-0.25, -0.2) is 4.98 Å². The van der Waals surface area contributed by atoms with Gasteiger partial charge in [0.1, 0.15) is 5.15 Å². The molecule has 62 valence electrons. The molecule has 0 bridgehead atoms. The van der Waals surface area contributed by atoms with Crippen molar-refractivity contribution in [3.05, 3.63) is 28.1 Å². The number of nitrogen functional groups attached to an aromatic ring is 1. The van der Waals surface area contributed by atoms with E-state index in [1.165, 1.54) is 0 Å². The average molecular weight is 246 g/mol. The van der Waals surface area contributed by atoms with E-state index in [-0.39, 0.29) is 0 Å². The van der Waals surface area contributed by atoms with Gasteiger partial charge >= 0.3 is 0 Å². The van der Waals surface area contributed by atoms with Crippen LogP contribution in [0, 0.1) is 0 Å². The van der Waals surface area contributed by atoms with Crippen molar-refractivity contribution in [1.29, 1.82) is 0 Å². The van der Waals surface area contributed by atoms with Gasteiger partial charge in [-0.1, -0.05) is 11.6 Å². The smallest absolute Gasteiger partial charge is 0.161 e. The topological polar surface area (TPSA) is 43.3 Å². The molecule has 2 N–H and O–H groups in total. The van der Waals surface area contributed by atoms with Crippen LogP contribution in [0.15, 0.2) is 22.9 Å². The summed E-state index contributed by atoms with van der Waals surface area (Å²) in [4.78, 5) is 4.05. The fourth-order valence-electron chi connectivity index (χ4n) is 1.05. The summed E-state index contributed by atoms with van der Waals surface area (Å²) in [6, 6.07) is 1.74. The van der Waals surface area contributed by atoms with Crippen LogP contribution in [0.2, 0.25) is 5.15 Å². The van der Waals surface area contributed by atoms with Crippen LogP contribution in [0.4, 0.5) is 5.69 Å². The second-order valence-corrected chi connectivity index (χ2v) is 3.57. The van der Waals surface area contributed by atoms with Gasteiger partial charge in [0, 0.05) is 12.4 Å². The first-order valence-corrected chi connectivity index (χ1v) is 4.44. The number of hydrogen-bond acceptors (Lipinski definition) is 2. The van der Waals surface area contributed by atoms with Gasteiger partial charge in [-0.05, 0) is 22.0 Å². The maximum Gasteiger partial charge on any atom is 0.161 e. The number of hydrogen-bond donors (Lipinski definition) is 1. The molecule has 0 aliphatic carbocycles. The zero-order valence-corrected chi connectivity index (χ0v) is 8.30. The molecule has 0 amide bonds. The Hall–Kier alpha value is -0.740. The highest BCUT2D eigenvalue weighted by molar-refractivity contribution is 9.10. The summed E-state index contributed by atoms with van der Waals surface area (Å²) in [6.07, 6.45) is 3.42. The molecule has 2 aromatic heterocycles. The van der Waals surface area contributed by atoms with Gasteiger partial charge in [0.05, 0.1) is 10.2 Å². The van der Waals surface area contributed by atoms with Gasteiger partial charge in [0.25, 0.3) is 0 Å². The van der Waals surface area contributed by atoms with E-state index in [2.05, 4.69) is 20.9 Å². The van der Waals surface area contributed by atoms with E-state index in [4.69, 9.17) is 17.3 Å². The van der Waals surface area contributed by atoms with Gasteiger partial charge in [-0.2, -0.15) is 0 Å². The van der Waals surface area contributed by atoms with Crippen molar-refractivity contribution in [3.63, 3.8) is 0 Å². The number of aromatic nitrogens is 2. The van der Waals surface area contributed by atoms with Crippen LogP contribution >= 0.6 is 27.5 Å². The van der Waals surface area contributed by atoms with E-state index >= 15 is 0 Å². The number of nitrogens with two attached hydrogens (primary N) is 1. The highest BCUT2D eigenvalue weighted by Gasteiger charge is 2.06. The lowest BCUT2D eigenvalue weighted by Crippen LogP contribution is -1.94. The number of anilines is 1. The molecule has 2 heterocycles. The highest BCUT2D eigenvalue weighted by atomic mass is 79.9. The summed E-state index contributed by atoms with van der Waals surface area (Å²) in [6.45, 7) is 0. The van der Waals surface area contributed by atoms with Gasteiger partial charge in [-0.15, -0.1) is 0 Å². The molecule has 0 saturated carbocycles. The van der Waals surface area contributed by atoms with Crippen LogP contribution in [-0.4, -0.2) is 9.38 Å². The fourth-order valence-corrected chi connectivity index (χ4v) is 1.68. The van der Waals surface area contributed by atoms with Crippen molar-refractivity contribution in [1.82, 2.24) is 9.38 Å². The van der Waals surface area contributed by atoms with Gasteiger partial charge in [0.2, 0.25) is 0 Å². The van der Waals surface area contributed by atoms with E-state index in [0.717, 1.165) is 4.47 Å². The summed E-state index contributed by atoms with van der Waals surface area (Å²) in [5.74, 6) is 0. The van der Waals surface area contributed by atoms with E-state index in [9.17, 15) is 0 Å². The second-order valence-electron chi connectivity index (χ2n) is 2.36. The molecule has 0 saturated heterocycles. The molecule has 0 aliphatic rings. The maximum absolute atomic E-state index is 5.96. The largest absolute Gasteiger partial charge is 0.396 e. The Balaban J connectivity index is 2.97. The SMILES string of the molecule is Nc1cc(Br)c(Cl)n2ccnc12. The quantitative estimate of drug-likeness (QED) is 0.725. The summed E-state index contributed by atoms with van der Waals surface area (Å²) in [5.41, 5.74) is 6.99. The Bertz CT molecular complexity index is 437. The zero-order valence-electron chi connectivity index (χ0n) is 5.96. The molecule has 2 aromatic rings. The predicted molar refractivity (Wildman–Crippen MR) is 52.3 cm³/mol. The lowest BCUT2D eigenvalue weighted by atomic mass is 10.4. The summed E-state index contributed by atoms with van der Waals surface area (Å²) in [7, 11) is 0. The number of imidazole rings is 1. The summed E-state index contributed by atoms with van der Waals surface area (Å²) >= 11 is 9.25. The summed E-state index contributed by atoms with van der Waals surface area (Å²) in [5, 5.41) is 0.580. The number of fused-ring (bicyclic) bond motifs is 1. The van der Waals surface area contributed by atoms with Crippen LogP contribution in [0.5, 0.6) is 0 Å². The molecular formula is C7H5BrClN3. The van der Waals surface area contributed by atoms with E-state index in [1.807, 2.05) is 0 Å². The van der Waals surface area contributed by atoms with E-state index < -0.39 is 0 Å². The number of nitrogens with zero attached hydrogens (tertiary/aromatic N) is 2. The van der Waals surface area contributed by atoms with Crippen molar-refractivity contribution in [2.75, 3.05) is 5.73 Å². The zero-order chi connectivity index (χ0) is 8.72. The van der Waals surface area contributed by atoms with Crippen LogP contribution < -0.4 is 5.73 Å². The minimum atomic E-state index is 0.580. The lowest BCUT2D eigenvalue weighted by molar-refractivity contribution is 1.18. The molecule has 5 heteroatoms. The molecule has 0 spiro atoms. The van der Waals surface area contributed by atoms with Gasteiger partial charge < -0.3 is 5.73 Å². The van der Waals surface area contributed by atoms with Gasteiger partial charge in [-0.3, -0.25) is 4.40 Å². The normalized spacial score (nSPS) is 10.8. The molecule has 12 heavy (non-hydrogen) atoms.